The van der Waals surface area contributed by atoms with Gasteiger partial charge in [-0.05, 0) is 18.2 Å². The van der Waals surface area contributed by atoms with Crippen LogP contribution >= 0.6 is 0 Å². The van der Waals surface area contributed by atoms with E-state index in [4.69, 9.17) is 18.6 Å². The van der Waals surface area contributed by atoms with Crippen molar-refractivity contribution >= 4 is 11.0 Å². The van der Waals surface area contributed by atoms with Gasteiger partial charge in [-0.1, -0.05) is 0 Å². The quantitative estimate of drug-likeness (QED) is 0.169. The molecule has 188 valence electrons. The van der Waals surface area contributed by atoms with Crippen LogP contribution in [-0.2, 0) is 9.47 Å². The van der Waals surface area contributed by atoms with Gasteiger partial charge in [0.25, 0.3) is 0 Å². The van der Waals surface area contributed by atoms with Crippen LogP contribution in [0, 0.1) is 0 Å². The third-order valence-corrected chi connectivity index (χ3v) is 5.51. The minimum atomic E-state index is -1.66. The van der Waals surface area contributed by atoms with E-state index < -0.39 is 41.9 Å². The lowest BCUT2D eigenvalue weighted by atomic mass is 9.99. The molecule has 0 amide bonds. The van der Waals surface area contributed by atoms with Crippen LogP contribution in [0.4, 0.5) is 0 Å². The van der Waals surface area contributed by atoms with Gasteiger partial charge < -0.3 is 54.4 Å². The van der Waals surface area contributed by atoms with Crippen molar-refractivity contribution in [1.82, 2.24) is 0 Å². The van der Waals surface area contributed by atoms with Crippen molar-refractivity contribution in [3.8, 4) is 34.3 Å². The van der Waals surface area contributed by atoms with Gasteiger partial charge in [-0.15, -0.1) is 0 Å². The Morgan fingerprint density at radius 1 is 0.829 bits per heavy atom. The van der Waals surface area contributed by atoms with E-state index >= 15 is 0 Å². The SMILES string of the molecule is O=c1cc(-c2ccc(O)c(O)c2)oc2cc(OCCOC[C@@H]3OC(O)[C@@H](O)[C@H](O)[C@H]3O)cc(O)c12. The topological polar surface area (TPSA) is 200 Å². The Morgan fingerprint density at radius 3 is 2.34 bits per heavy atom. The molecule has 1 aromatic heterocycles. The molecule has 5 atom stereocenters. The van der Waals surface area contributed by atoms with E-state index in [0.29, 0.717) is 5.56 Å². The van der Waals surface area contributed by atoms with Gasteiger partial charge in [0.2, 0.25) is 0 Å². The zero-order valence-electron chi connectivity index (χ0n) is 18.1. The first-order valence-electron chi connectivity index (χ1n) is 10.6. The second kappa shape index (κ2) is 10.1. The second-order valence-electron chi connectivity index (χ2n) is 7.95. The van der Waals surface area contributed by atoms with Gasteiger partial charge in [-0.25, -0.2) is 0 Å². The van der Waals surface area contributed by atoms with Crippen LogP contribution in [-0.4, -0.2) is 86.3 Å². The molecule has 1 aliphatic rings. The largest absolute Gasteiger partial charge is 0.507 e. The number of aliphatic hydroxyl groups is 4. The Kier molecular flexibility index (Phi) is 7.12. The third-order valence-electron chi connectivity index (χ3n) is 5.51. The molecule has 12 heteroatoms. The van der Waals surface area contributed by atoms with E-state index in [1.54, 1.807) is 0 Å². The highest BCUT2D eigenvalue weighted by Gasteiger charge is 2.42. The molecule has 0 saturated carbocycles. The van der Waals surface area contributed by atoms with Crippen molar-refractivity contribution in [1.29, 1.82) is 0 Å². The minimum Gasteiger partial charge on any atom is -0.507 e. The number of rotatable bonds is 7. The van der Waals surface area contributed by atoms with Crippen LogP contribution in [0.15, 0.2) is 45.6 Å². The molecule has 4 rings (SSSR count). The maximum absolute atomic E-state index is 12.5. The monoisotopic (exact) mass is 492 g/mol. The van der Waals surface area contributed by atoms with Gasteiger partial charge in [0, 0.05) is 23.8 Å². The number of hydrogen-bond donors (Lipinski definition) is 7. The molecule has 0 radical (unpaired) electrons. The molecule has 1 unspecified atom stereocenters. The number of hydrogen-bond acceptors (Lipinski definition) is 12. The van der Waals surface area contributed by atoms with Gasteiger partial charge >= 0.3 is 0 Å². The van der Waals surface area contributed by atoms with Gasteiger partial charge in [-0.2, -0.15) is 0 Å². The fraction of sp³-hybridized carbons (Fsp3) is 0.348. The molecule has 2 aromatic carbocycles. The number of fused-ring (bicyclic) bond motifs is 1. The van der Waals surface area contributed by atoms with Crippen LogP contribution in [0.2, 0.25) is 0 Å². The summed E-state index contributed by atoms with van der Waals surface area (Å²) in [4.78, 5) is 12.5. The van der Waals surface area contributed by atoms with Gasteiger partial charge in [0.05, 0.1) is 13.2 Å². The van der Waals surface area contributed by atoms with Gasteiger partial charge in [-0.3, -0.25) is 4.79 Å². The van der Waals surface area contributed by atoms with Crippen LogP contribution in [0.3, 0.4) is 0 Å². The first kappa shape index (κ1) is 24.7. The summed E-state index contributed by atoms with van der Waals surface area (Å²) in [5.74, 6) is -0.834. The summed E-state index contributed by atoms with van der Waals surface area (Å²) in [6, 6.07) is 7.68. The number of phenols is 3. The highest BCUT2D eigenvalue weighted by Crippen LogP contribution is 2.34. The van der Waals surface area contributed by atoms with Crippen LogP contribution in [0.5, 0.6) is 23.0 Å². The maximum Gasteiger partial charge on any atom is 0.197 e. The molecule has 3 aromatic rings. The van der Waals surface area contributed by atoms with E-state index in [2.05, 4.69) is 0 Å². The fourth-order valence-corrected chi connectivity index (χ4v) is 3.63. The fourth-order valence-electron chi connectivity index (χ4n) is 3.63. The summed E-state index contributed by atoms with van der Waals surface area (Å²) in [5, 5.41) is 68.0. The van der Waals surface area contributed by atoms with E-state index in [0.717, 1.165) is 6.07 Å². The van der Waals surface area contributed by atoms with E-state index in [1.165, 1.54) is 30.3 Å². The normalized spacial score (nSPS) is 24.5. The summed E-state index contributed by atoms with van der Waals surface area (Å²) >= 11 is 0. The van der Waals surface area contributed by atoms with Crippen molar-refractivity contribution in [3.63, 3.8) is 0 Å². The lowest BCUT2D eigenvalue weighted by Gasteiger charge is -2.38. The van der Waals surface area contributed by atoms with Gasteiger partial charge in [0.1, 0.15) is 59.3 Å². The molecule has 7 N–H and O–H groups in total. The van der Waals surface area contributed by atoms with E-state index in [1.807, 2.05) is 0 Å². The van der Waals surface area contributed by atoms with Crippen LogP contribution in [0.1, 0.15) is 0 Å². The molecule has 1 aliphatic heterocycles. The molecule has 1 saturated heterocycles. The van der Waals surface area contributed by atoms with E-state index in [9.17, 15) is 40.5 Å². The lowest BCUT2D eigenvalue weighted by Crippen LogP contribution is -2.58. The van der Waals surface area contributed by atoms with Crippen molar-refractivity contribution in [2.45, 2.75) is 30.7 Å². The molecular weight excluding hydrogens is 468 g/mol. The average Bonchev–Trinajstić information content (AvgIpc) is 2.81. The molecule has 12 nitrogen and oxygen atoms in total. The van der Waals surface area contributed by atoms with Gasteiger partial charge in [0.15, 0.2) is 23.2 Å². The minimum absolute atomic E-state index is 0.00308. The smallest absolute Gasteiger partial charge is 0.197 e. The number of phenolic OH excluding ortho intramolecular Hbond substituents is 3. The summed E-state index contributed by atoms with van der Waals surface area (Å²) in [6.07, 6.45) is -7.41. The molecule has 0 spiro atoms. The van der Waals surface area contributed by atoms with Crippen molar-refractivity contribution in [2.75, 3.05) is 19.8 Å². The zero-order valence-corrected chi connectivity index (χ0v) is 18.1. The first-order chi connectivity index (χ1) is 16.7. The first-order valence-corrected chi connectivity index (χ1v) is 10.6. The molecule has 1 fully saturated rings. The Morgan fingerprint density at radius 2 is 1.60 bits per heavy atom. The molecular formula is C23H24O12. The molecule has 0 aliphatic carbocycles. The Hall–Kier alpha value is -3.39. The number of benzene rings is 2. The average molecular weight is 492 g/mol. The van der Waals surface area contributed by atoms with Crippen molar-refractivity contribution < 1.29 is 54.4 Å². The van der Waals surface area contributed by atoms with Crippen molar-refractivity contribution in [2.24, 2.45) is 0 Å². The highest BCUT2D eigenvalue weighted by atomic mass is 16.6. The third kappa shape index (κ3) is 5.17. The second-order valence-corrected chi connectivity index (χ2v) is 7.95. The number of ether oxygens (including phenoxy) is 3. The number of aromatic hydroxyl groups is 3. The summed E-state index contributed by atoms with van der Waals surface area (Å²) in [5.41, 5.74) is -0.175. The summed E-state index contributed by atoms with van der Waals surface area (Å²) in [6.45, 7) is -0.222. The lowest BCUT2D eigenvalue weighted by molar-refractivity contribution is -0.288. The molecule has 0 bridgehead atoms. The molecule has 35 heavy (non-hydrogen) atoms. The summed E-state index contributed by atoms with van der Waals surface area (Å²) in [7, 11) is 0. The highest BCUT2D eigenvalue weighted by molar-refractivity contribution is 5.86. The predicted molar refractivity (Wildman–Crippen MR) is 118 cm³/mol. The maximum atomic E-state index is 12.5. The standard InChI is InChI=1S/C23H24O12/c24-12-2-1-10(5-13(12)25)16-8-15(27)19-14(26)6-11(7-17(19)34-16)33-4-3-32-9-18-20(28)21(29)22(30)23(31)35-18/h1-2,5-8,18,20-26,28-31H,3-4,9H2/t18-,20-,21+,22-,23?/m0/s1. The summed E-state index contributed by atoms with van der Waals surface area (Å²) < 4.78 is 21.6. The van der Waals surface area contributed by atoms with Crippen LogP contribution in [0.25, 0.3) is 22.3 Å². The van der Waals surface area contributed by atoms with Crippen LogP contribution < -0.4 is 10.2 Å². The number of aliphatic hydroxyl groups excluding tert-OH is 4. The van der Waals surface area contributed by atoms with E-state index in [-0.39, 0.29) is 53.8 Å². The Bertz CT molecular complexity index is 1260. The van der Waals surface area contributed by atoms with Crippen molar-refractivity contribution in [3.05, 3.63) is 46.6 Å². The predicted octanol–water partition coefficient (Wildman–Crippen LogP) is -0.228. The Labute approximate surface area is 197 Å². The Balaban J connectivity index is 1.41. The molecule has 2 heterocycles. The zero-order chi connectivity index (χ0) is 25.3.